The highest BCUT2D eigenvalue weighted by Crippen LogP contribution is 2.25. The Bertz CT molecular complexity index is 1110. The fourth-order valence-corrected chi connectivity index (χ4v) is 3.66. The number of carbonyl (C=O) groups excluding carboxylic acids is 4. The van der Waals surface area contributed by atoms with E-state index < -0.39 is 42.2 Å². The van der Waals surface area contributed by atoms with Gasteiger partial charge in [-0.25, -0.2) is 19.4 Å². The van der Waals surface area contributed by atoms with Crippen LogP contribution in [-0.2, 0) is 14.3 Å². The average molecular weight is 466 g/mol. The van der Waals surface area contributed by atoms with Crippen LogP contribution in [0, 0.1) is 0 Å². The number of ether oxygens (including phenoxy) is 2. The molecule has 0 aromatic carbocycles. The van der Waals surface area contributed by atoms with Gasteiger partial charge in [0.05, 0.1) is 24.0 Å². The molecule has 4 heterocycles. The third-order valence-electron chi connectivity index (χ3n) is 5.46. The molecule has 2 aromatic heterocycles. The SMILES string of the molecule is CN1C(=O)C2C(N=CN2CC(COC(=O)c2cccnc2)OC(=O)c2cccnc2)N(C)C1=O. The summed E-state index contributed by atoms with van der Waals surface area (Å²) in [5.41, 5.74) is 0.463. The van der Waals surface area contributed by atoms with Gasteiger partial charge in [0.15, 0.2) is 18.3 Å². The summed E-state index contributed by atoms with van der Waals surface area (Å²) in [6, 6.07) is 5.03. The highest BCUT2D eigenvalue weighted by molar-refractivity contribution is 6.01. The van der Waals surface area contributed by atoms with E-state index in [0.29, 0.717) is 0 Å². The maximum Gasteiger partial charge on any atom is 0.340 e. The Hall–Kier alpha value is -4.35. The molecule has 0 aliphatic carbocycles. The van der Waals surface area contributed by atoms with E-state index in [1.165, 1.54) is 43.1 Å². The molecule has 176 valence electrons. The number of pyridine rings is 2. The second-order valence-electron chi connectivity index (χ2n) is 7.72. The molecule has 0 radical (unpaired) electrons. The minimum absolute atomic E-state index is 0.00139. The largest absolute Gasteiger partial charge is 0.458 e. The number of fused-ring (bicyclic) bond motifs is 1. The van der Waals surface area contributed by atoms with Crippen molar-refractivity contribution >= 4 is 30.2 Å². The van der Waals surface area contributed by atoms with Crippen molar-refractivity contribution in [1.29, 1.82) is 0 Å². The number of hydrogen-bond donors (Lipinski definition) is 0. The first-order valence-corrected chi connectivity index (χ1v) is 10.4. The van der Waals surface area contributed by atoms with Crippen molar-refractivity contribution in [3.05, 3.63) is 60.2 Å². The summed E-state index contributed by atoms with van der Waals surface area (Å²) in [5, 5.41) is 0. The zero-order chi connectivity index (χ0) is 24.2. The van der Waals surface area contributed by atoms with Crippen LogP contribution in [0.5, 0.6) is 0 Å². The van der Waals surface area contributed by atoms with Gasteiger partial charge < -0.3 is 19.3 Å². The maximum absolute atomic E-state index is 12.8. The fourth-order valence-electron chi connectivity index (χ4n) is 3.66. The number of hydrogen-bond acceptors (Lipinski definition) is 10. The summed E-state index contributed by atoms with van der Waals surface area (Å²) in [7, 11) is 2.95. The average Bonchev–Trinajstić information content (AvgIpc) is 3.29. The Labute approximate surface area is 194 Å². The molecule has 0 saturated carbocycles. The summed E-state index contributed by atoms with van der Waals surface area (Å²) in [6.45, 7) is -0.279. The Morgan fingerprint density at radius 2 is 1.68 bits per heavy atom. The van der Waals surface area contributed by atoms with Crippen LogP contribution in [0.1, 0.15) is 20.7 Å². The number of esters is 2. The molecule has 2 aromatic rings. The highest BCUT2D eigenvalue weighted by Gasteiger charge is 2.48. The van der Waals surface area contributed by atoms with Crippen LogP contribution in [0.15, 0.2) is 54.0 Å². The van der Waals surface area contributed by atoms with E-state index in [1.54, 1.807) is 36.2 Å². The van der Waals surface area contributed by atoms with Gasteiger partial charge in [-0.3, -0.25) is 19.7 Å². The van der Waals surface area contributed by atoms with E-state index in [-0.39, 0.29) is 24.3 Å². The Morgan fingerprint density at radius 1 is 1.03 bits per heavy atom. The summed E-state index contributed by atoms with van der Waals surface area (Å²) in [4.78, 5) is 66.1. The van der Waals surface area contributed by atoms with Crippen molar-refractivity contribution in [1.82, 2.24) is 24.7 Å². The topological polar surface area (TPSA) is 135 Å². The first kappa shape index (κ1) is 22.8. The molecule has 2 aliphatic rings. The molecular formula is C22H22N6O6. The smallest absolute Gasteiger partial charge is 0.340 e. The molecule has 3 unspecified atom stereocenters. The van der Waals surface area contributed by atoms with Gasteiger partial charge in [0, 0.05) is 38.9 Å². The van der Waals surface area contributed by atoms with Crippen LogP contribution in [0.2, 0.25) is 0 Å². The number of imide groups is 1. The summed E-state index contributed by atoms with van der Waals surface area (Å²) >= 11 is 0. The Morgan fingerprint density at radius 3 is 2.29 bits per heavy atom. The Balaban J connectivity index is 1.50. The van der Waals surface area contributed by atoms with E-state index in [0.717, 1.165) is 4.90 Å². The molecule has 0 N–H and O–H groups in total. The third-order valence-corrected chi connectivity index (χ3v) is 5.46. The van der Waals surface area contributed by atoms with Crippen molar-refractivity contribution in [2.75, 3.05) is 27.2 Å². The second-order valence-corrected chi connectivity index (χ2v) is 7.72. The number of nitrogens with zero attached hydrogens (tertiary/aromatic N) is 6. The summed E-state index contributed by atoms with van der Waals surface area (Å²) < 4.78 is 11.0. The molecule has 0 bridgehead atoms. The standard InChI is InChI=1S/C22H22N6O6/c1-26-18-17(19(29)27(2)22(26)32)28(13-25-18)11-16(34-21(31)15-6-4-8-24-10-15)12-33-20(30)14-5-3-7-23-9-14/h3-10,13,16-18H,11-12H2,1-2H3. The van der Waals surface area contributed by atoms with E-state index in [4.69, 9.17) is 9.47 Å². The molecule has 1 fully saturated rings. The van der Waals surface area contributed by atoms with Gasteiger partial charge >= 0.3 is 18.0 Å². The lowest BCUT2D eigenvalue weighted by Crippen LogP contribution is -2.64. The predicted octanol–water partition coefficient (Wildman–Crippen LogP) is 0.421. The third kappa shape index (κ3) is 4.56. The zero-order valence-corrected chi connectivity index (χ0v) is 18.5. The molecule has 34 heavy (non-hydrogen) atoms. The molecule has 3 amide bonds. The van der Waals surface area contributed by atoms with Crippen molar-refractivity contribution in [3.8, 4) is 0 Å². The molecule has 12 nitrogen and oxygen atoms in total. The minimum atomic E-state index is -0.945. The van der Waals surface area contributed by atoms with Crippen LogP contribution < -0.4 is 0 Å². The lowest BCUT2D eigenvalue weighted by atomic mass is 10.1. The predicted molar refractivity (Wildman–Crippen MR) is 117 cm³/mol. The Kier molecular flexibility index (Phi) is 6.48. The van der Waals surface area contributed by atoms with Crippen LogP contribution in [0.4, 0.5) is 4.79 Å². The van der Waals surface area contributed by atoms with Crippen LogP contribution in [0.3, 0.4) is 0 Å². The fraction of sp³-hybridized carbons (Fsp3) is 0.318. The van der Waals surface area contributed by atoms with E-state index in [9.17, 15) is 19.2 Å². The molecule has 1 saturated heterocycles. The van der Waals surface area contributed by atoms with E-state index >= 15 is 0 Å². The highest BCUT2D eigenvalue weighted by atomic mass is 16.6. The van der Waals surface area contributed by atoms with Crippen LogP contribution >= 0.6 is 0 Å². The minimum Gasteiger partial charge on any atom is -0.458 e. The van der Waals surface area contributed by atoms with Gasteiger partial charge in [-0.2, -0.15) is 0 Å². The number of aliphatic imine (C=N–C) groups is 1. The van der Waals surface area contributed by atoms with Gasteiger partial charge in [-0.1, -0.05) is 0 Å². The van der Waals surface area contributed by atoms with Gasteiger partial charge in [-0.05, 0) is 24.3 Å². The van der Waals surface area contributed by atoms with Gasteiger partial charge in [0.1, 0.15) is 6.61 Å². The van der Waals surface area contributed by atoms with Crippen molar-refractivity contribution in [3.63, 3.8) is 0 Å². The van der Waals surface area contributed by atoms with E-state index in [1.807, 2.05) is 0 Å². The number of carbonyl (C=O) groups is 4. The second kappa shape index (κ2) is 9.65. The summed E-state index contributed by atoms with van der Waals surface area (Å²) in [5.74, 6) is -1.74. The van der Waals surface area contributed by atoms with E-state index in [2.05, 4.69) is 15.0 Å². The molecule has 12 heteroatoms. The molecule has 4 rings (SSSR count). The van der Waals surface area contributed by atoms with Crippen LogP contribution in [0.25, 0.3) is 0 Å². The lowest BCUT2D eigenvalue weighted by Gasteiger charge is -2.40. The number of rotatable bonds is 7. The van der Waals surface area contributed by atoms with Crippen molar-refractivity contribution in [2.24, 2.45) is 4.99 Å². The van der Waals surface area contributed by atoms with Gasteiger partial charge in [0.25, 0.3) is 5.91 Å². The first-order chi connectivity index (χ1) is 16.4. The first-order valence-electron chi connectivity index (χ1n) is 10.4. The lowest BCUT2D eigenvalue weighted by molar-refractivity contribution is -0.136. The van der Waals surface area contributed by atoms with Gasteiger partial charge in [-0.15, -0.1) is 0 Å². The molecule has 2 aliphatic heterocycles. The molecular weight excluding hydrogens is 444 g/mol. The van der Waals surface area contributed by atoms with Crippen molar-refractivity contribution in [2.45, 2.75) is 18.3 Å². The normalized spacial score (nSPS) is 20.2. The summed E-state index contributed by atoms with van der Waals surface area (Å²) in [6.07, 6.45) is 5.55. The number of aromatic nitrogens is 2. The molecule has 0 spiro atoms. The number of amides is 3. The van der Waals surface area contributed by atoms with Crippen molar-refractivity contribution < 1.29 is 28.7 Å². The monoisotopic (exact) mass is 466 g/mol. The maximum atomic E-state index is 12.8. The number of likely N-dealkylation sites (N-methyl/N-ethyl adjacent to an activating group) is 2. The number of urea groups is 1. The molecule has 3 atom stereocenters. The quantitative estimate of drug-likeness (QED) is 0.532. The van der Waals surface area contributed by atoms with Crippen LogP contribution in [-0.4, -0.2) is 100 Å². The zero-order valence-electron chi connectivity index (χ0n) is 18.5. The van der Waals surface area contributed by atoms with Gasteiger partial charge in [0.2, 0.25) is 0 Å².